The Hall–Kier alpha value is -1.45. The Balaban J connectivity index is 4.42. The molecule has 0 unspecified atom stereocenters. The first kappa shape index (κ1) is 8.55. The molecule has 0 bridgehead atoms. The van der Waals surface area contributed by atoms with E-state index in [0.29, 0.717) is 12.0 Å². The minimum absolute atomic E-state index is 0.0902. The Kier molecular flexibility index (Phi) is 3.04. The van der Waals surface area contributed by atoms with Crippen LogP contribution in [-0.2, 0) is 0 Å². The predicted octanol–water partition coefficient (Wildman–Crippen LogP) is -0.373. The number of allylic oxidation sites excluding steroid dienone is 1. The smallest absolute Gasteiger partial charge is 0.122 e. The molecule has 0 spiro atoms. The molecule has 0 rings (SSSR count). The molecular formula is C6H12N4. The third-order valence-electron chi connectivity index (χ3n) is 1.02. The largest absolute Gasteiger partial charge is 0.385 e. The van der Waals surface area contributed by atoms with Crippen LogP contribution in [0, 0.1) is 5.41 Å². The molecule has 0 aliphatic carbocycles. The fourth-order valence-electron chi connectivity index (χ4n) is 0.528. The van der Waals surface area contributed by atoms with Crippen LogP contribution in [0.3, 0.4) is 0 Å². The van der Waals surface area contributed by atoms with Gasteiger partial charge in [-0.05, 0) is 6.42 Å². The van der Waals surface area contributed by atoms with E-state index in [9.17, 15) is 0 Å². The summed E-state index contributed by atoms with van der Waals surface area (Å²) in [6, 6.07) is 0. The Morgan fingerprint density at radius 1 is 1.40 bits per heavy atom. The normalized spacial score (nSPS) is 8.40. The summed E-state index contributed by atoms with van der Waals surface area (Å²) in [5.41, 5.74) is 16.0. The lowest BCUT2D eigenvalue weighted by Gasteiger charge is -2.02. The monoisotopic (exact) mass is 140 g/mol. The van der Waals surface area contributed by atoms with Gasteiger partial charge in [-0.2, -0.15) is 0 Å². The van der Waals surface area contributed by atoms with E-state index in [1.165, 1.54) is 0 Å². The lowest BCUT2D eigenvalue weighted by molar-refractivity contribution is 1.13. The first-order valence-electron chi connectivity index (χ1n) is 2.79. The van der Waals surface area contributed by atoms with E-state index >= 15 is 0 Å². The Bertz CT molecular complexity index is 176. The fourth-order valence-corrected chi connectivity index (χ4v) is 0.528. The predicted molar refractivity (Wildman–Crippen MR) is 42.1 cm³/mol. The molecule has 56 valence electrons. The zero-order valence-electron chi connectivity index (χ0n) is 5.72. The third kappa shape index (κ3) is 2.21. The van der Waals surface area contributed by atoms with E-state index < -0.39 is 0 Å². The van der Waals surface area contributed by atoms with E-state index in [4.69, 9.17) is 22.6 Å². The summed E-state index contributed by atoms with van der Waals surface area (Å²) in [5, 5.41) is 7.00. The molecule has 4 heteroatoms. The lowest BCUT2D eigenvalue weighted by atomic mass is 10.2. The van der Waals surface area contributed by atoms with E-state index in [0.717, 1.165) is 0 Å². The highest BCUT2D eigenvalue weighted by Gasteiger charge is 2.00. The summed E-state index contributed by atoms with van der Waals surface area (Å²) in [4.78, 5) is 0. The number of hydrogen-bond donors (Lipinski definition) is 4. The van der Waals surface area contributed by atoms with Crippen molar-refractivity contribution in [2.45, 2.75) is 6.42 Å². The van der Waals surface area contributed by atoms with E-state index in [1.807, 2.05) is 0 Å². The van der Waals surface area contributed by atoms with Crippen LogP contribution >= 0.6 is 0 Å². The summed E-state index contributed by atoms with van der Waals surface area (Å²) < 4.78 is 0. The Morgan fingerprint density at radius 3 is 2.00 bits per heavy atom. The van der Waals surface area contributed by atoms with Gasteiger partial charge in [0.05, 0.1) is 0 Å². The summed E-state index contributed by atoms with van der Waals surface area (Å²) >= 11 is 0. The summed E-state index contributed by atoms with van der Waals surface area (Å²) in [6.45, 7) is 3.47. The van der Waals surface area contributed by atoms with Gasteiger partial charge in [-0.15, -0.1) is 6.58 Å². The van der Waals surface area contributed by atoms with Crippen molar-refractivity contribution in [1.29, 1.82) is 5.41 Å². The van der Waals surface area contributed by atoms with Gasteiger partial charge in [0.15, 0.2) is 0 Å². The molecule has 0 radical (unpaired) electrons. The number of nitrogens with one attached hydrogen (secondary N) is 1. The van der Waals surface area contributed by atoms with Crippen molar-refractivity contribution in [3.8, 4) is 0 Å². The van der Waals surface area contributed by atoms with E-state index in [1.54, 1.807) is 6.08 Å². The molecule has 0 aromatic rings. The highest BCUT2D eigenvalue weighted by Crippen LogP contribution is 2.00. The van der Waals surface area contributed by atoms with Crippen LogP contribution in [0.1, 0.15) is 6.42 Å². The van der Waals surface area contributed by atoms with Crippen molar-refractivity contribution in [3.63, 3.8) is 0 Å². The van der Waals surface area contributed by atoms with Crippen molar-refractivity contribution in [3.05, 3.63) is 24.0 Å². The third-order valence-corrected chi connectivity index (χ3v) is 1.02. The summed E-state index contributed by atoms with van der Waals surface area (Å²) in [6.07, 6.45) is 2.04. The quantitative estimate of drug-likeness (QED) is 0.244. The lowest BCUT2D eigenvalue weighted by Crippen LogP contribution is -2.21. The molecule has 0 saturated heterocycles. The molecular weight excluding hydrogens is 128 g/mol. The molecule has 0 aliphatic rings. The first-order valence-corrected chi connectivity index (χ1v) is 2.79. The van der Waals surface area contributed by atoms with Crippen LogP contribution in [0.2, 0.25) is 0 Å². The first-order chi connectivity index (χ1) is 4.59. The zero-order chi connectivity index (χ0) is 8.15. The van der Waals surface area contributed by atoms with Gasteiger partial charge < -0.3 is 17.2 Å². The molecule has 0 amide bonds. The molecule has 0 atom stereocenters. The SMILES string of the molecule is C=CCC(C(=N)N)=C(N)N. The van der Waals surface area contributed by atoms with Gasteiger partial charge in [0.1, 0.15) is 11.7 Å². The number of nitrogens with two attached hydrogens (primary N) is 3. The molecule has 7 N–H and O–H groups in total. The number of amidine groups is 1. The summed E-state index contributed by atoms with van der Waals surface area (Å²) in [5.74, 6) is -0.00713. The maximum absolute atomic E-state index is 7.00. The van der Waals surface area contributed by atoms with Gasteiger partial charge in [0.2, 0.25) is 0 Å². The molecule has 0 saturated carbocycles. The molecule has 0 aliphatic heterocycles. The van der Waals surface area contributed by atoms with Gasteiger partial charge in [-0.25, -0.2) is 0 Å². The second-order valence-corrected chi connectivity index (χ2v) is 1.84. The van der Waals surface area contributed by atoms with Crippen LogP contribution in [0.25, 0.3) is 0 Å². The second kappa shape index (κ2) is 3.55. The van der Waals surface area contributed by atoms with Crippen molar-refractivity contribution in [1.82, 2.24) is 0 Å². The average molecular weight is 140 g/mol. The standard InChI is InChI=1S/C6H12N4/c1-2-3-4(5(7)8)6(9)10/h2H,1,3,7-8H2,(H3,9,10). The molecule has 0 aromatic heterocycles. The molecule has 0 aromatic carbocycles. The molecule has 0 heterocycles. The van der Waals surface area contributed by atoms with Crippen LogP contribution in [0.15, 0.2) is 24.0 Å². The Morgan fingerprint density at radius 2 is 1.90 bits per heavy atom. The topological polar surface area (TPSA) is 102 Å². The van der Waals surface area contributed by atoms with Gasteiger partial charge in [-0.1, -0.05) is 6.08 Å². The van der Waals surface area contributed by atoms with Crippen molar-refractivity contribution in [2.24, 2.45) is 17.2 Å². The van der Waals surface area contributed by atoms with Crippen molar-refractivity contribution >= 4 is 5.84 Å². The molecule has 4 nitrogen and oxygen atoms in total. The van der Waals surface area contributed by atoms with Crippen LogP contribution in [-0.4, -0.2) is 5.84 Å². The van der Waals surface area contributed by atoms with Gasteiger partial charge in [0, 0.05) is 5.57 Å². The number of rotatable bonds is 3. The molecule has 0 fully saturated rings. The maximum Gasteiger partial charge on any atom is 0.122 e. The van der Waals surface area contributed by atoms with E-state index in [2.05, 4.69) is 6.58 Å². The molecule has 10 heavy (non-hydrogen) atoms. The minimum Gasteiger partial charge on any atom is -0.385 e. The maximum atomic E-state index is 7.00. The minimum atomic E-state index is -0.0973. The van der Waals surface area contributed by atoms with Gasteiger partial charge in [0.25, 0.3) is 0 Å². The van der Waals surface area contributed by atoms with Crippen molar-refractivity contribution < 1.29 is 0 Å². The van der Waals surface area contributed by atoms with Crippen LogP contribution in [0.4, 0.5) is 0 Å². The summed E-state index contributed by atoms with van der Waals surface area (Å²) in [7, 11) is 0. The van der Waals surface area contributed by atoms with Crippen LogP contribution in [0.5, 0.6) is 0 Å². The second-order valence-electron chi connectivity index (χ2n) is 1.84. The van der Waals surface area contributed by atoms with Gasteiger partial charge in [-0.3, -0.25) is 5.41 Å². The van der Waals surface area contributed by atoms with Crippen LogP contribution < -0.4 is 17.2 Å². The average Bonchev–Trinajstić information content (AvgIpc) is 1.81. The zero-order valence-corrected chi connectivity index (χ0v) is 5.72. The highest BCUT2D eigenvalue weighted by atomic mass is 14.8. The number of hydrogen-bond acceptors (Lipinski definition) is 3. The highest BCUT2D eigenvalue weighted by molar-refractivity contribution is 5.95. The van der Waals surface area contributed by atoms with E-state index in [-0.39, 0.29) is 11.7 Å². The fraction of sp³-hybridized carbons (Fsp3) is 0.167. The van der Waals surface area contributed by atoms with Crippen molar-refractivity contribution in [2.75, 3.05) is 0 Å². The Labute approximate surface area is 59.9 Å². The van der Waals surface area contributed by atoms with Gasteiger partial charge >= 0.3 is 0 Å².